The smallest absolute Gasteiger partial charge is 0.317 e. The zero-order valence-corrected chi connectivity index (χ0v) is 11.2. The van der Waals surface area contributed by atoms with Gasteiger partial charge in [-0.1, -0.05) is 32.0 Å². The Bertz CT molecular complexity index is 607. The van der Waals surface area contributed by atoms with E-state index in [9.17, 15) is 9.59 Å². The molecule has 0 saturated heterocycles. The van der Waals surface area contributed by atoms with Crippen molar-refractivity contribution in [1.82, 2.24) is 14.9 Å². The summed E-state index contributed by atoms with van der Waals surface area (Å²) in [6.07, 6.45) is 2.57. The summed E-state index contributed by atoms with van der Waals surface area (Å²) in [6.45, 7) is 4.03. The van der Waals surface area contributed by atoms with Gasteiger partial charge in [0.25, 0.3) is 0 Å². The van der Waals surface area contributed by atoms with Crippen molar-refractivity contribution < 1.29 is 9.59 Å². The number of carbonyl (C=O) groups is 2. The Morgan fingerprint density at radius 1 is 1.10 bits per heavy atom. The van der Waals surface area contributed by atoms with Gasteiger partial charge in [-0.3, -0.25) is 15.0 Å². The van der Waals surface area contributed by atoms with Crippen molar-refractivity contribution in [2.75, 3.05) is 10.7 Å². The number of benzene rings is 1. The predicted molar refractivity (Wildman–Crippen MR) is 73.6 cm³/mol. The molecule has 0 bridgehead atoms. The molecule has 0 aliphatic heterocycles. The van der Waals surface area contributed by atoms with Gasteiger partial charge in [-0.2, -0.15) is 0 Å². The van der Waals surface area contributed by atoms with Gasteiger partial charge in [0.15, 0.2) is 0 Å². The van der Waals surface area contributed by atoms with Crippen LogP contribution in [0.15, 0.2) is 36.9 Å². The molecule has 1 heterocycles. The lowest BCUT2D eigenvalue weighted by Gasteiger charge is -2.13. The molecule has 0 radical (unpaired) electrons. The number of hydrogen-bond acceptors (Lipinski definition) is 4. The Hall–Kier alpha value is -2.70. The number of amides is 2. The first-order chi connectivity index (χ1) is 9.58. The second kappa shape index (κ2) is 5.96. The Kier molecular flexibility index (Phi) is 4.09. The molecule has 0 saturated carbocycles. The van der Waals surface area contributed by atoms with E-state index in [1.807, 2.05) is 26.0 Å². The molecular formula is C13H15N5O2. The van der Waals surface area contributed by atoms with Crippen LogP contribution in [0.2, 0.25) is 0 Å². The fourth-order valence-electron chi connectivity index (χ4n) is 1.72. The summed E-state index contributed by atoms with van der Waals surface area (Å²) in [5.41, 5.74) is 3.93. The van der Waals surface area contributed by atoms with Gasteiger partial charge in [0, 0.05) is 5.69 Å². The first kappa shape index (κ1) is 13.7. The third-order valence-corrected chi connectivity index (χ3v) is 2.69. The van der Waals surface area contributed by atoms with Crippen LogP contribution in [0.5, 0.6) is 0 Å². The zero-order valence-electron chi connectivity index (χ0n) is 11.2. The summed E-state index contributed by atoms with van der Waals surface area (Å²) in [5.74, 6) is -1.29. The Balaban J connectivity index is 2.06. The SMILES string of the molecule is CC(C)c1ccccc1NC(=O)C(=O)Nn1cnnc1. The van der Waals surface area contributed by atoms with E-state index in [4.69, 9.17) is 0 Å². The molecule has 1 aromatic carbocycles. The molecule has 0 aliphatic carbocycles. The third-order valence-electron chi connectivity index (χ3n) is 2.69. The summed E-state index contributed by atoms with van der Waals surface area (Å²) >= 11 is 0. The lowest BCUT2D eigenvalue weighted by Crippen LogP contribution is -2.33. The molecule has 0 spiro atoms. The maximum atomic E-state index is 11.8. The van der Waals surface area contributed by atoms with Crippen molar-refractivity contribution in [2.24, 2.45) is 0 Å². The van der Waals surface area contributed by atoms with E-state index in [1.165, 1.54) is 17.3 Å². The molecule has 0 aliphatic rings. The molecule has 2 N–H and O–H groups in total. The van der Waals surface area contributed by atoms with E-state index in [0.717, 1.165) is 5.56 Å². The van der Waals surface area contributed by atoms with E-state index >= 15 is 0 Å². The number of nitrogens with zero attached hydrogens (tertiary/aromatic N) is 3. The molecule has 2 aromatic rings. The minimum atomic E-state index is -0.789. The second-order valence-corrected chi connectivity index (χ2v) is 4.51. The molecule has 0 unspecified atom stereocenters. The van der Waals surface area contributed by atoms with Gasteiger partial charge in [0.05, 0.1) is 0 Å². The Morgan fingerprint density at radius 2 is 1.75 bits per heavy atom. The van der Waals surface area contributed by atoms with Crippen LogP contribution in [0.1, 0.15) is 25.3 Å². The summed E-state index contributed by atoms with van der Waals surface area (Å²) in [6, 6.07) is 7.37. The van der Waals surface area contributed by atoms with Crippen LogP contribution in [-0.2, 0) is 9.59 Å². The van der Waals surface area contributed by atoms with Gasteiger partial charge in [-0.15, -0.1) is 10.2 Å². The van der Waals surface area contributed by atoms with E-state index in [1.54, 1.807) is 12.1 Å². The highest BCUT2D eigenvalue weighted by atomic mass is 16.2. The molecule has 1 aromatic heterocycles. The number of anilines is 1. The van der Waals surface area contributed by atoms with Crippen molar-refractivity contribution in [1.29, 1.82) is 0 Å². The van der Waals surface area contributed by atoms with Gasteiger partial charge in [-0.25, -0.2) is 4.68 Å². The van der Waals surface area contributed by atoms with Gasteiger partial charge in [0.1, 0.15) is 12.7 Å². The summed E-state index contributed by atoms with van der Waals surface area (Å²) in [5, 5.41) is 9.64. The molecule has 2 rings (SSSR count). The first-order valence-electron chi connectivity index (χ1n) is 6.14. The van der Waals surface area contributed by atoms with Crippen molar-refractivity contribution in [3.8, 4) is 0 Å². The number of nitrogens with one attached hydrogen (secondary N) is 2. The van der Waals surface area contributed by atoms with Crippen LogP contribution in [0.3, 0.4) is 0 Å². The Morgan fingerprint density at radius 3 is 2.40 bits per heavy atom. The Labute approximate surface area is 116 Å². The second-order valence-electron chi connectivity index (χ2n) is 4.51. The van der Waals surface area contributed by atoms with Crippen LogP contribution in [0.4, 0.5) is 5.69 Å². The summed E-state index contributed by atoms with van der Waals surface area (Å²) in [7, 11) is 0. The number of carbonyl (C=O) groups excluding carboxylic acids is 2. The van der Waals surface area contributed by atoms with E-state index < -0.39 is 11.8 Å². The number of rotatable bonds is 3. The number of aromatic nitrogens is 3. The fourth-order valence-corrected chi connectivity index (χ4v) is 1.72. The topological polar surface area (TPSA) is 88.9 Å². The van der Waals surface area contributed by atoms with E-state index in [2.05, 4.69) is 20.9 Å². The standard InChI is InChI=1S/C13H15N5O2/c1-9(2)10-5-3-4-6-11(10)16-12(19)13(20)17-18-7-14-15-8-18/h3-9H,1-2H3,(H,16,19)(H,17,20). The van der Waals surface area contributed by atoms with Crippen molar-refractivity contribution in [3.05, 3.63) is 42.5 Å². The van der Waals surface area contributed by atoms with Gasteiger partial charge >= 0.3 is 11.8 Å². The van der Waals surface area contributed by atoms with E-state index in [-0.39, 0.29) is 5.92 Å². The molecule has 2 amide bonds. The summed E-state index contributed by atoms with van der Waals surface area (Å²) in [4.78, 5) is 23.5. The summed E-state index contributed by atoms with van der Waals surface area (Å²) < 4.78 is 1.20. The van der Waals surface area contributed by atoms with Crippen LogP contribution >= 0.6 is 0 Å². The van der Waals surface area contributed by atoms with Crippen LogP contribution in [0.25, 0.3) is 0 Å². The minimum absolute atomic E-state index is 0.243. The molecule has 0 atom stereocenters. The van der Waals surface area contributed by atoms with Crippen LogP contribution in [-0.4, -0.2) is 26.7 Å². The molecule has 0 fully saturated rings. The molecule has 104 valence electrons. The molecule has 20 heavy (non-hydrogen) atoms. The van der Waals surface area contributed by atoms with Crippen molar-refractivity contribution in [3.63, 3.8) is 0 Å². The lowest BCUT2D eigenvalue weighted by molar-refractivity contribution is -0.133. The quantitative estimate of drug-likeness (QED) is 0.820. The molecule has 7 heteroatoms. The van der Waals surface area contributed by atoms with Crippen LogP contribution < -0.4 is 10.7 Å². The highest BCUT2D eigenvalue weighted by molar-refractivity contribution is 6.42. The zero-order chi connectivity index (χ0) is 14.5. The lowest BCUT2D eigenvalue weighted by atomic mass is 10.0. The monoisotopic (exact) mass is 273 g/mol. The van der Waals surface area contributed by atoms with Gasteiger partial charge in [-0.05, 0) is 17.5 Å². The average molecular weight is 273 g/mol. The number of hydrogen-bond donors (Lipinski definition) is 2. The van der Waals surface area contributed by atoms with Crippen molar-refractivity contribution >= 4 is 17.5 Å². The predicted octanol–water partition coefficient (Wildman–Crippen LogP) is 1.11. The molecule has 7 nitrogen and oxygen atoms in total. The van der Waals surface area contributed by atoms with Crippen LogP contribution in [0, 0.1) is 0 Å². The maximum Gasteiger partial charge on any atom is 0.328 e. The number of para-hydroxylation sites is 1. The maximum absolute atomic E-state index is 11.8. The highest BCUT2D eigenvalue weighted by Gasteiger charge is 2.16. The average Bonchev–Trinajstić information content (AvgIpc) is 2.91. The normalized spacial score (nSPS) is 10.3. The molecular weight excluding hydrogens is 258 g/mol. The largest absolute Gasteiger partial charge is 0.328 e. The minimum Gasteiger partial charge on any atom is -0.317 e. The van der Waals surface area contributed by atoms with Crippen molar-refractivity contribution in [2.45, 2.75) is 19.8 Å². The van der Waals surface area contributed by atoms with Gasteiger partial charge in [0.2, 0.25) is 0 Å². The first-order valence-corrected chi connectivity index (χ1v) is 6.14. The van der Waals surface area contributed by atoms with Gasteiger partial charge < -0.3 is 5.32 Å². The van der Waals surface area contributed by atoms with E-state index in [0.29, 0.717) is 5.69 Å². The third kappa shape index (κ3) is 3.19. The highest BCUT2D eigenvalue weighted by Crippen LogP contribution is 2.23. The fraction of sp³-hybridized carbons (Fsp3) is 0.231.